The van der Waals surface area contributed by atoms with Crippen molar-refractivity contribution >= 4 is 44.5 Å². The fraction of sp³-hybridized carbons (Fsp3) is 0.103. The van der Waals surface area contributed by atoms with Crippen molar-refractivity contribution in [3.63, 3.8) is 0 Å². The van der Waals surface area contributed by atoms with Crippen LogP contribution in [0.2, 0.25) is 0 Å². The van der Waals surface area contributed by atoms with E-state index in [0.29, 0.717) is 17.1 Å². The second kappa shape index (κ2) is 14.1. The van der Waals surface area contributed by atoms with Crippen LogP contribution in [0.3, 0.4) is 0 Å². The molecule has 0 aliphatic rings. The molecule has 1 aromatic heterocycles. The van der Waals surface area contributed by atoms with Gasteiger partial charge in [0.2, 0.25) is 10.0 Å². The number of benzene rings is 3. The Bertz CT molecular complexity index is 1840. The number of amides is 1. The van der Waals surface area contributed by atoms with Crippen molar-refractivity contribution in [1.29, 1.82) is 0 Å². The van der Waals surface area contributed by atoms with E-state index in [0.717, 1.165) is 10.8 Å². The summed E-state index contributed by atoms with van der Waals surface area (Å²) in [6.07, 6.45) is -7.10. The van der Waals surface area contributed by atoms with Crippen molar-refractivity contribution in [3.05, 3.63) is 102 Å². The third kappa shape index (κ3) is 9.54. The lowest BCUT2D eigenvalue weighted by Crippen LogP contribution is -2.49. The van der Waals surface area contributed by atoms with E-state index in [9.17, 15) is 36.3 Å². The van der Waals surface area contributed by atoms with Gasteiger partial charge in [-0.1, -0.05) is 48.4 Å². The molecule has 1 heterocycles. The normalized spacial score (nSPS) is 11.7. The number of alkyl halides is 3. The Hall–Kier alpha value is -5.46. The first-order valence-electron chi connectivity index (χ1n) is 12.3. The van der Waals surface area contributed by atoms with Gasteiger partial charge in [0.25, 0.3) is 5.91 Å². The molecule has 228 valence electrons. The zero-order valence-electron chi connectivity index (χ0n) is 22.4. The molecule has 44 heavy (non-hydrogen) atoms. The molecule has 0 bridgehead atoms. The summed E-state index contributed by atoms with van der Waals surface area (Å²) in [4.78, 5) is 36.8. The van der Waals surface area contributed by atoms with Crippen LogP contribution < -0.4 is 15.8 Å². The molecule has 6 N–H and O–H groups in total. The molecular weight excluding hydrogens is 605 g/mol. The number of hydrogen-bond acceptors (Lipinski definition) is 7. The number of nitrogens with one attached hydrogen (secondary N) is 2. The molecule has 0 saturated heterocycles. The number of hydrogen-bond donors (Lipinski definition) is 5. The zero-order valence-corrected chi connectivity index (χ0v) is 23.2. The lowest BCUT2D eigenvalue weighted by molar-refractivity contribution is -0.192. The minimum Gasteiger partial charge on any atom is -0.481 e. The van der Waals surface area contributed by atoms with E-state index in [1.165, 1.54) is 36.4 Å². The summed E-state index contributed by atoms with van der Waals surface area (Å²) in [5, 5.41) is 20.5. The highest BCUT2D eigenvalue weighted by Crippen LogP contribution is 2.19. The van der Waals surface area contributed by atoms with Crippen LogP contribution in [0, 0.1) is 11.8 Å². The second-order valence-electron chi connectivity index (χ2n) is 8.81. The predicted octanol–water partition coefficient (Wildman–Crippen LogP) is 3.36. The SMILES string of the molecule is Nc1cc2ccccc2c(C#Cc2ccc(S(=O)(=O)N[C@@H](CC(=O)O)NC(=O)c3ccccc3)cc2)n1.O=C(O)C(F)(F)F. The van der Waals surface area contributed by atoms with Gasteiger partial charge in [-0.15, -0.1) is 0 Å². The quantitative estimate of drug-likeness (QED) is 0.151. The highest BCUT2D eigenvalue weighted by atomic mass is 32.2. The first-order valence-corrected chi connectivity index (χ1v) is 13.8. The summed E-state index contributed by atoms with van der Waals surface area (Å²) in [7, 11) is -4.16. The number of anilines is 1. The molecule has 0 radical (unpaired) electrons. The van der Waals surface area contributed by atoms with Crippen LogP contribution in [-0.2, 0) is 19.6 Å². The van der Waals surface area contributed by atoms with Crippen molar-refractivity contribution in [1.82, 2.24) is 15.0 Å². The molecule has 0 saturated carbocycles. The number of nitrogens with two attached hydrogens (primary N) is 1. The van der Waals surface area contributed by atoms with Crippen molar-refractivity contribution in [2.45, 2.75) is 23.7 Å². The van der Waals surface area contributed by atoms with Crippen LogP contribution in [0.4, 0.5) is 19.0 Å². The van der Waals surface area contributed by atoms with Gasteiger partial charge in [-0.3, -0.25) is 9.59 Å². The zero-order chi connectivity index (χ0) is 32.5. The summed E-state index contributed by atoms with van der Waals surface area (Å²) in [6.45, 7) is 0. The number of nitrogens with zero attached hydrogens (tertiary/aromatic N) is 1. The second-order valence-corrected chi connectivity index (χ2v) is 10.5. The number of nitrogen functional groups attached to an aromatic ring is 1. The fourth-order valence-electron chi connectivity index (χ4n) is 3.55. The van der Waals surface area contributed by atoms with E-state index in [1.807, 2.05) is 24.3 Å². The van der Waals surface area contributed by atoms with E-state index >= 15 is 0 Å². The maximum absolute atomic E-state index is 12.9. The highest BCUT2D eigenvalue weighted by Gasteiger charge is 2.38. The molecule has 4 aromatic rings. The third-order valence-electron chi connectivity index (χ3n) is 5.51. The van der Waals surface area contributed by atoms with Crippen LogP contribution in [0.25, 0.3) is 10.8 Å². The van der Waals surface area contributed by atoms with Crippen LogP contribution >= 0.6 is 0 Å². The maximum Gasteiger partial charge on any atom is 0.490 e. The number of carbonyl (C=O) groups excluding carboxylic acids is 1. The van der Waals surface area contributed by atoms with E-state index in [-0.39, 0.29) is 10.5 Å². The molecule has 4 rings (SSSR count). The number of rotatable bonds is 7. The third-order valence-corrected chi connectivity index (χ3v) is 7.00. The predicted molar refractivity (Wildman–Crippen MR) is 153 cm³/mol. The number of sulfonamides is 1. The van der Waals surface area contributed by atoms with Crippen molar-refractivity contribution < 1.29 is 46.2 Å². The van der Waals surface area contributed by atoms with E-state index in [2.05, 4.69) is 26.9 Å². The number of carboxylic acids is 2. The van der Waals surface area contributed by atoms with Crippen molar-refractivity contribution in [2.75, 3.05) is 5.73 Å². The van der Waals surface area contributed by atoms with Crippen molar-refractivity contribution in [3.8, 4) is 11.8 Å². The Morgan fingerprint density at radius 1 is 0.909 bits per heavy atom. The summed E-state index contributed by atoms with van der Waals surface area (Å²) >= 11 is 0. The number of aliphatic carboxylic acids is 2. The number of aromatic nitrogens is 1. The van der Waals surface area contributed by atoms with Gasteiger partial charge < -0.3 is 21.3 Å². The Labute approximate surface area is 248 Å². The number of pyridine rings is 1. The number of fused-ring (bicyclic) bond motifs is 1. The van der Waals surface area contributed by atoms with Crippen LogP contribution in [0.15, 0.2) is 89.8 Å². The summed E-state index contributed by atoms with van der Waals surface area (Å²) in [5.74, 6) is 1.62. The molecule has 1 amide bonds. The largest absolute Gasteiger partial charge is 0.490 e. The van der Waals surface area contributed by atoms with Gasteiger partial charge in [0.1, 0.15) is 17.7 Å². The molecule has 1 atom stereocenters. The van der Waals surface area contributed by atoms with Gasteiger partial charge in [-0.2, -0.15) is 17.9 Å². The first kappa shape index (κ1) is 33.0. The van der Waals surface area contributed by atoms with Gasteiger partial charge in [0.05, 0.1) is 11.3 Å². The molecular formula is C29H23F3N4O7S. The molecule has 0 aliphatic carbocycles. The Morgan fingerprint density at radius 2 is 1.50 bits per heavy atom. The van der Waals surface area contributed by atoms with Crippen LogP contribution in [-0.4, -0.2) is 53.8 Å². The average molecular weight is 629 g/mol. The summed E-state index contributed by atoms with van der Waals surface area (Å²) in [5.41, 5.74) is 7.18. The van der Waals surface area contributed by atoms with Gasteiger partial charge in [0.15, 0.2) is 0 Å². The average Bonchev–Trinajstić information content (AvgIpc) is 2.95. The topological polar surface area (TPSA) is 189 Å². The van der Waals surface area contributed by atoms with E-state index < -0.39 is 46.6 Å². The number of carboxylic acid groups (broad SMARTS) is 2. The number of halogens is 3. The number of carbonyl (C=O) groups is 3. The Kier molecular flexibility index (Phi) is 10.6. The van der Waals surface area contributed by atoms with Crippen molar-refractivity contribution in [2.24, 2.45) is 0 Å². The Morgan fingerprint density at radius 3 is 2.09 bits per heavy atom. The van der Waals surface area contributed by atoms with Gasteiger partial charge >= 0.3 is 18.1 Å². The molecule has 0 aliphatic heterocycles. The first-order chi connectivity index (χ1) is 20.7. The van der Waals surface area contributed by atoms with Gasteiger partial charge in [-0.05, 0) is 53.8 Å². The highest BCUT2D eigenvalue weighted by molar-refractivity contribution is 7.89. The van der Waals surface area contributed by atoms with Crippen LogP contribution in [0.1, 0.15) is 28.0 Å². The fourth-order valence-corrected chi connectivity index (χ4v) is 4.69. The summed E-state index contributed by atoms with van der Waals surface area (Å²) in [6, 6.07) is 23.1. The molecule has 0 fully saturated rings. The van der Waals surface area contributed by atoms with E-state index in [1.54, 1.807) is 24.3 Å². The lowest BCUT2D eigenvalue weighted by atomic mass is 10.1. The monoisotopic (exact) mass is 628 g/mol. The molecule has 3 aromatic carbocycles. The molecule has 0 spiro atoms. The standard InChI is InChI=1S/C27H22N4O5S.C2HF3O2/c28-24-16-20-8-4-5-9-22(20)23(29-24)15-12-18-10-13-21(14-11-18)37(35,36)31-25(17-26(32)33)30-27(34)19-6-2-1-3-7-19;3-2(4,5)1(6)7/h1-11,13-14,16,25,31H,17H2,(H2,28,29)(H,30,34)(H,32,33);(H,6,7)/t25-;/m0./s1. The van der Waals surface area contributed by atoms with Crippen LogP contribution in [0.5, 0.6) is 0 Å². The lowest BCUT2D eigenvalue weighted by Gasteiger charge is -2.19. The summed E-state index contributed by atoms with van der Waals surface area (Å²) < 4.78 is 59.8. The minimum absolute atomic E-state index is 0.116. The smallest absolute Gasteiger partial charge is 0.481 e. The maximum atomic E-state index is 12.9. The molecule has 15 heteroatoms. The molecule has 0 unspecified atom stereocenters. The van der Waals surface area contributed by atoms with Gasteiger partial charge in [0, 0.05) is 16.5 Å². The van der Waals surface area contributed by atoms with Gasteiger partial charge in [-0.25, -0.2) is 18.2 Å². The van der Waals surface area contributed by atoms with E-state index in [4.69, 9.17) is 15.6 Å². The molecule has 11 nitrogen and oxygen atoms in total. The Balaban J connectivity index is 0.000000676. The minimum atomic E-state index is -5.08.